The van der Waals surface area contributed by atoms with E-state index in [0.717, 1.165) is 165 Å². The van der Waals surface area contributed by atoms with Crippen molar-refractivity contribution in [3.8, 4) is 23.0 Å². The van der Waals surface area contributed by atoms with E-state index >= 15 is 0 Å². The molecule has 630 valence electrons. The van der Waals surface area contributed by atoms with Crippen LogP contribution in [0.2, 0.25) is 0 Å². The van der Waals surface area contributed by atoms with Crippen molar-refractivity contribution >= 4 is 94.4 Å². The molecule has 15 rings (SSSR count). The van der Waals surface area contributed by atoms with Gasteiger partial charge in [0, 0.05) is 73.0 Å². The number of carbonyl (C=O) groups is 8. The molecular weight excluding hydrogens is 1550 g/mol. The highest BCUT2D eigenvalue weighted by Gasteiger charge is 2.54. The molecule has 4 bridgehead atoms. The second-order valence-corrected chi connectivity index (χ2v) is 30.7. The topological polar surface area (TPSA) is 334 Å². The van der Waals surface area contributed by atoms with Crippen molar-refractivity contribution in [2.75, 3.05) is 67.3 Å². The molecule has 10 aromatic rings. The Kier molecular flexibility index (Phi) is 31.5. The molecule has 0 radical (unpaired) electrons. The molecule has 1 saturated heterocycles. The number of hydrogen-bond acceptors (Lipinski definition) is 17. The fraction of sp³-hybridized carbons (Fsp3) is 0.265. The lowest BCUT2D eigenvalue weighted by Gasteiger charge is -2.55. The Bertz CT molecular complexity index is 5470. The minimum Gasteiger partial charge on any atom is -0.492 e. The van der Waals surface area contributed by atoms with E-state index in [0.29, 0.717) is 25.6 Å². The zero-order valence-corrected chi connectivity index (χ0v) is 69.3. The van der Waals surface area contributed by atoms with Crippen LogP contribution in [0.4, 0.5) is 22.7 Å². The number of nitrogens with one attached hydrogen (secondary N) is 4. The van der Waals surface area contributed by atoms with Crippen molar-refractivity contribution in [1.82, 2.24) is 15.0 Å². The first-order valence-electron chi connectivity index (χ1n) is 40.4. The molecule has 24 heteroatoms. The average Bonchev–Trinajstić information content (AvgIpc) is 0.764. The third kappa shape index (κ3) is 25.8. The van der Waals surface area contributed by atoms with Crippen LogP contribution in [-0.2, 0) is 41.9 Å². The van der Waals surface area contributed by atoms with Gasteiger partial charge in [0.25, 0.3) is 0 Å². The molecule has 8 aromatic carbocycles. The predicted molar refractivity (Wildman–Crippen MR) is 469 cm³/mol. The van der Waals surface area contributed by atoms with Crippen molar-refractivity contribution in [3.05, 3.63) is 308 Å². The number of ketones is 1. The van der Waals surface area contributed by atoms with Gasteiger partial charge in [0.2, 0.25) is 23.6 Å². The summed E-state index contributed by atoms with van der Waals surface area (Å²) in [7, 11) is 0. The van der Waals surface area contributed by atoms with Gasteiger partial charge in [-0.1, -0.05) is 96.2 Å². The highest BCUT2D eigenvalue weighted by atomic mass is 16.5. The maximum atomic E-state index is 13.2. The minimum atomic E-state index is -1.10. The van der Waals surface area contributed by atoms with Crippen molar-refractivity contribution in [3.63, 3.8) is 0 Å². The molecule has 4 saturated carbocycles. The molecule has 24 nitrogen and oxygen atoms in total. The molecule has 7 N–H and O–H groups in total. The Labute approximate surface area is 709 Å². The standard InChI is InChI=1S/C29H31NO5.C23H26N2O5.C23H20N2O4.C23H24N2O3/c1-18-10-19(7-9-27(32)30-24-5-3-2-4-23(24)28(33)34)6-8-25(18)35-17-26(31)29-14-20-11-21(15-29)13-22(12-20)16-29;1-17-16-18(6-8-21(17)30-15-12-25-10-13-29-14-11-25)7-9-22(26)24-20-5-3-2-4-19(20)23(27)28;1-16-13-17(8-10-21(16)29-15-18-5-4-12-24-14-18)9-11-22(26)25-20-7-3-2-6-19(20)23(27)28;1-15-7-5-6-8-21(15)24-23(26)12-11-19-10-9-16(2)22(13-19)27-14-20-17(3)25-28-18(20)4/h2-10,20-22H,11-17H2,1H3,(H,30,32)(H,33,34);2-9,16H,10-15H2,1H3,(H,24,26)(H,27,28);2-14H,15H2,1H3,(H,25,26)(H,27,28);5-13H,14H2,1-4H3,(H,24,26)/b2*9-7+;11-9+;12-11+. The number of hydrogen-bond donors (Lipinski definition) is 7. The molecular formula is C98H101N7O17. The molecule has 5 aliphatic rings. The van der Waals surface area contributed by atoms with Crippen LogP contribution in [0.25, 0.3) is 24.3 Å². The third-order valence-corrected chi connectivity index (χ3v) is 21.6. The maximum Gasteiger partial charge on any atom is 0.337 e. The van der Waals surface area contributed by atoms with Gasteiger partial charge in [0.05, 0.1) is 58.2 Å². The summed E-state index contributed by atoms with van der Waals surface area (Å²) in [5, 5.41) is 42.2. The summed E-state index contributed by atoms with van der Waals surface area (Å²) in [6.45, 7) is 19.4. The number of aromatic nitrogens is 2. The Balaban J connectivity index is 0.000000159. The SMILES string of the molecule is Cc1cc(/C=C/C(=O)Nc2ccccc2C(=O)O)ccc1OCC(=O)C12CC3CC(CC(C3)C1)C2.Cc1cc(/C=C/C(=O)Nc2ccccc2C(=O)O)ccc1OCCN1CCOCC1.Cc1cc(/C=C/C(=O)Nc2ccccc2C(=O)O)ccc1OCc1cccnc1.Cc1ccccc1NC(=O)/C=C/c1ccc(C)c(OCc2c(C)noc2C)c1. The Morgan fingerprint density at radius 1 is 0.451 bits per heavy atom. The highest BCUT2D eigenvalue weighted by Crippen LogP contribution is 2.60. The number of aromatic carboxylic acids is 3. The second kappa shape index (κ2) is 43.2. The van der Waals surface area contributed by atoms with Gasteiger partial charge in [-0.3, -0.25) is 33.9 Å². The molecule has 1 aliphatic heterocycles. The van der Waals surface area contributed by atoms with Crippen LogP contribution >= 0.6 is 0 Å². The number of morpholine rings is 1. The number of nitrogens with zero attached hydrogens (tertiary/aromatic N) is 3. The number of rotatable bonds is 29. The van der Waals surface area contributed by atoms with Crippen molar-refractivity contribution in [1.29, 1.82) is 0 Å². The van der Waals surface area contributed by atoms with Crippen molar-refractivity contribution in [2.45, 2.75) is 100 Å². The van der Waals surface area contributed by atoms with Crippen LogP contribution in [0, 0.1) is 71.6 Å². The van der Waals surface area contributed by atoms with Gasteiger partial charge in [-0.15, -0.1) is 0 Å². The van der Waals surface area contributed by atoms with E-state index in [4.69, 9.17) is 28.2 Å². The highest BCUT2D eigenvalue weighted by molar-refractivity contribution is 6.08. The van der Waals surface area contributed by atoms with Gasteiger partial charge in [-0.05, 0) is 270 Å². The number of carbonyl (C=O) groups excluding carboxylic acids is 5. The zero-order chi connectivity index (χ0) is 86.7. The lowest BCUT2D eigenvalue weighted by molar-refractivity contribution is -0.146. The number of carboxylic acid groups (broad SMARTS) is 3. The predicted octanol–water partition coefficient (Wildman–Crippen LogP) is 18.0. The van der Waals surface area contributed by atoms with Gasteiger partial charge in [-0.25, -0.2) is 14.4 Å². The minimum absolute atomic E-state index is 0.0367. The van der Waals surface area contributed by atoms with Gasteiger partial charge < -0.3 is 64.8 Å². The zero-order valence-electron chi connectivity index (χ0n) is 69.3. The Morgan fingerprint density at radius 3 is 1.30 bits per heavy atom. The van der Waals surface area contributed by atoms with Crippen LogP contribution in [-0.4, -0.2) is 124 Å². The number of aryl methyl sites for hydroxylation is 7. The molecule has 3 heterocycles. The Hall–Kier alpha value is -13.8. The molecule has 4 aliphatic carbocycles. The summed E-state index contributed by atoms with van der Waals surface area (Å²) < 4.78 is 34.2. The van der Waals surface area contributed by atoms with Crippen LogP contribution in [0.15, 0.2) is 223 Å². The number of pyridine rings is 1. The summed E-state index contributed by atoms with van der Waals surface area (Å²) in [4.78, 5) is 102. The number of amides is 4. The van der Waals surface area contributed by atoms with E-state index < -0.39 is 35.6 Å². The number of Topliss-reactive ketones (excluding diaryl/α,β-unsaturated/α-hetero) is 1. The molecule has 2 aromatic heterocycles. The molecule has 5 fully saturated rings. The summed E-state index contributed by atoms with van der Waals surface area (Å²) in [6.07, 6.45) is 23.0. The van der Waals surface area contributed by atoms with Crippen LogP contribution in [0.1, 0.15) is 142 Å². The largest absolute Gasteiger partial charge is 0.492 e. The summed E-state index contributed by atoms with van der Waals surface area (Å²) in [6, 6.07) is 53.1. The molecule has 0 spiro atoms. The normalized spacial score (nSPS) is 16.3. The van der Waals surface area contributed by atoms with Crippen LogP contribution < -0.4 is 40.2 Å². The molecule has 0 unspecified atom stereocenters. The number of benzene rings is 8. The van der Waals surface area contributed by atoms with E-state index in [1.165, 1.54) is 61.8 Å². The Morgan fingerprint density at radius 2 is 0.869 bits per heavy atom. The number of carboxylic acids is 3. The third-order valence-electron chi connectivity index (χ3n) is 21.6. The lowest BCUT2D eigenvalue weighted by Crippen LogP contribution is -2.51. The second-order valence-electron chi connectivity index (χ2n) is 30.7. The quantitative estimate of drug-likeness (QED) is 0.0214. The van der Waals surface area contributed by atoms with Crippen LogP contribution in [0.3, 0.4) is 0 Å². The first-order chi connectivity index (χ1) is 58.8. The van der Waals surface area contributed by atoms with Crippen molar-refractivity contribution < 1.29 is 81.9 Å². The number of anilines is 4. The fourth-order valence-corrected chi connectivity index (χ4v) is 15.5. The van der Waals surface area contributed by atoms with E-state index in [1.807, 2.05) is 158 Å². The van der Waals surface area contributed by atoms with E-state index in [1.54, 1.807) is 91.3 Å². The van der Waals surface area contributed by atoms with E-state index in [2.05, 4.69) is 36.3 Å². The summed E-state index contributed by atoms with van der Waals surface area (Å²) in [5.41, 5.74) is 12.6. The monoisotopic (exact) mass is 1650 g/mol. The number of ether oxygens (including phenoxy) is 5. The smallest absolute Gasteiger partial charge is 0.337 e. The van der Waals surface area contributed by atoms with Gasteiger partial charge in [-0.2, -0.15) is 0 Å². The summed E-state index contributed by atoms with van der Waals surface area (Å²) >= 11 is 0. The van der Waals surface area contributed by atoms with Gasteiger partial charge in [0.1, 0.15) is 55.2 Å². The first kappa shape index (κ1) is 89.0. The van der Waals surface area contributed by atoms with E-state index in [-0.39, 0.29) is 57.5 Å². The lowest BCUT2D eigenvalue weighted by atomic mass is 9.48. The fourth-order valence-electron chi connectivity index (χ4n) is 15.5. The molecule has 4 amide bonds. The summed E-state index contributed by atoms with van der Waals surface area (Å²) in [5.74, 6) is 1.56. The maximum absolute atomic E-state index is 13.2. The van der Waals surface area contributed by atoms with E-state index in [9.17, 15) is 53.7 Å². The average molecular weight is 1650 g/mol. The van der Waals surface area contributed by atoms with Gasteiger partial charge >= 0.3 is 17.9 Å². The van der Waals surface area contributed by atoms with Gasteiger partial charge in [0.15, 0.2) is 5.78 Å². The molecule has 0 atom stereocenters. The van der Waals surface area contributed by atoms with Crippen molar-refractivity contribution in [2.24, 2.45) is 23.2 Å². The van der Waals surface area contributed by atoms with Crippen LogP contribution in [0.5, 0.6) is 23.0 Å². The first-order valence-corrected chi connectivity index (χ1v) is 40.4. The number of para-hydroxylation sites is 4. The molecule has 122 heavy (non-hydrogen) atoms.